The standard InChI is InChI=1S/C10H22N4O2S/c11-17(15,16)13-3-5-14-4-1-2-9(8-14)10-6-12-7-10/h9-10,12-13H,1-8H2,(H2,11,15,16)/t9-/m0/s1. The van der Waals surface area contributed by atoms with Crippen LogP contribution in [0.2, 0.25) is 0 Å². The van der Waals surface area contributed by atoms with Crippen LogP contribution in [-0.4, -0.2) is 52.6 Å². The molecule has 7 heteroatoms. The van der Waals surface area contributed by atoms with Gasteiger partial charge < -0.3 is 10.2 Å². The van der Waals surface area contributed by atoms with Gasteiger partial charge in [0.1, 0.15) is 0 Å². The Morgan fingerprint density at radius 3 is 2.71 bits per heavy atom. The van der Waals surface area contributed by atoms with Gasteiger partial charge in [-0.3, -0.25) is 0 Å². The highest BCUT2D eigenvalue weighted by Crippen LogP contribution is 2.26. The highest BCUT2D eigenvalue weighted by Gasteiger charge is 2.30. The molecule has 0 aromatic rings. The molecular weight excluding hydrogens is 240 g/mol. The smallest absolute Gasteiger partial charge is 0.274 e. The Morgan fingerprint density at radius 2 is 2.12 bits per heavy atom. The predicted molar refractivity (Wildman–Crippen MR) is 66.6 cm³/mol. The molecule has 2 fully saturated rings. The van der Waals surface area contributed by atoms with Crippen LogP contribution < -0.4 is 15.2 Å². The Labute approximate surface area is 103 Å². The summed E-state index contributed by atoms with van der Waals surface area (Å²) in [5, 5.41) is 8.20. The fourth-order valence-corrected chi connectivity index (χ4v) is 3.05. The minimum atomic E-state index is -3.53. The van der Waals surface area contributed by atoms with Gasteiger partial charge in [-0.2, -0.15) is 8.42 Å². The van der Waals surface area contributed by atoms with Crippen molar-refractivity contribution >= 4 is 10.2 Å². The van der Waals surface area contributed by atoms with E-state index >= 15 is 0 Å². The molecule has 2 saturated heterocycles. The summed E-state index contributed by atoms with van der Waals surface area (Å²) < 4.78 is 23.8. The molecule has 0 aromatic carbocycles. The first-order chi connectivity index (χ1) is 8.04. The van der Waals surface area contributed by atoms with E-state index in [1.165, 1.54) is 12.8 Å². The fourth-order valence-electron chi connectivity index (χ4n) is 2.67. The second kappa shape index (κ2) is 5.62. The van der Waals surface area contributed by atoms with Crippen LogP contribution in [-0.2, 0) is 10.2 Å². The fraction of sp³-hybridized carbons (Fsp3) is 1.00. The molecule has 17 heavy (non-hydrogen) atoms. The van der Waals surface area contributed by atoms with Crippen LogP contribution in [0.4, 0.5) is 0 Å². The van der Waals surface area contributed by atoms with Gasteiger partial charge >= 0.3 is 0 Å². The Bertz CT molecular complexity index is 342. The normalized spacial score (nSPS) is 27.9. The molecular formula is C10H22N4O2S. The van der Waals surface area contributed by atoms with Crippen molar-refractivity contribution in [2.45, 2.75) is 12.8 Å². The number of likely N-dealkylation sites (tertiary alicyclic amines) is 1. The summed E-state index contributed by atoms with van der Waals surface area (Å²) in [4.78, 5) is 2.34. The van der Waals surface area contributed by atoms with Gasteiger partial charge in [-0.05, 0) is 44.3 Å². The van der Waals surface area contributed by atoms with Crippen molar-refractivity contribution in [3.8, 4) is 0 Å². The van der Waals surface area contributed by atoms with E-state index in [9.17, 15) is 8.42 Å². The second-order valence-corrected chi connectivity index (χ2v) is 6.44. The molecule has 6 nitrogen and oxygen atoms in total. The van der Waals surface area contributed by atoms with Crippen LogP contribution in [0.3, 0.4) is 0 Å². The number of nitrogens with one attached hydrogen (secondary N) is 2. The van der Waals surface area contributed by atoms with Crippen LogP contribution in [0.25, 0.3) is 0 Å². The average molecular weight is 262 g/mol. The lowest BCUT2D eigenvalue weighted by Crippen LogP contribution is -2.51. The Morgan fingerprint density at radius 1 is 1.35 bits per heavy atom. The monoisotopic (exact) mass is 262 g/mol. The van der Waals surface area contributed by atoms with Crippen molar-refractivity contribution in [3.05, 3.63) is 0 Å². The molecule has 2 aliphatic heterocycles. The lowest BCUT2D eigenvalue weighted by atomic mass is 9.82. The summed E-state index contributed by atoms with van der Waals surface area (Å²) in [6, 6.07) is 0. The highest BCUT2D eigenvalue weighted by molar-refractivity contribution is 7.87. The van der Waals surface area contributed by atoms with Crippen molar-refractivity contribution in [1.82, 2.24) is 14.9 Å². The maximum absolute atomic E-state index is 10.7. The van der Waals surface area contributed by atoms with E-state index in [0.717, 1.165) is 44.6 Å². The minimum Gasteiger partial charge on any atom is -0.316 e. The molecule has 0 saturated carbocycles. The first-order valence-electron chi connectivity index (χ1n) is 6.25. The highest BCUT2D eigenvalue weighted by atomic mass is 32.2. The topological polar surface area (TPSA) is 87.5 Å². The van der Waals surface area contributed by atoms with E-state index in [4.69, 9.17) is 5.14 Å². The first kappa shape index (κ1) is 13.2. The molecule has 0 amide bonds. The van der Waals surface area contributed by atoms with E-state index in [2.05, 4.69) is 14.9 Å². The molecule has 0 unspecified atom stereocenters. The van der Waals surface area contributed by atoms with Gasteiger partial charge in [-0.15, -0.1) is 0 Å². The van der Waals surface area contributed by atoms with Gasteiger partial charge in [0, 0.05) is 19.6 Å². The molecule has 1 atom stereocenters. The maximum Gasteiger partial charge on any atom is 0.274 e. The van der Waals surface area contributed by atoms with Crippen LogP contribution in [0, 0.1) is 11.8 Å². The number of nitrogens with zero attached hydrogens (tertiary/aromatic N) is 1. The lowest BCUT2D eigenvalue weighted by Gasteiger charge is -2.41. The quantitative estimate of drug-likeness (QED) is 0.575. The van der Waals surface area contributed by atoms with Crippen LogP contribution in [0.1, 0.15) is 12.8 Å². The Balaban J connectivity index is 1.70. The number of hydrogen-bond acceptors (Lipinski definition) is 4. The van der Waals surface area contributed by atoms with E-state index in [1.54, 1.807) is 0 Å². The molecule has 2 rings (SSSR count). The summed E-state index contributed by atoms with van der Waals surface area (Å²) in [5.41, 5.74) is 0. The maximum atomic E-state index is 10.7. The zero-order chi connectivity index (χ0) is 12.3. The third kappa shape index (κ3) is 4.18. The molecule has 100 valence electrons. The Kier molecular flexibility index (Phi) is 4.37. The van der Waals surface area contributed by atoms with E-state index in [1.807, 2.05) is 0 Å². The van der Waals surface area contributed by atoms with E-state index in [-0.39, 0.29) is 0 Å². The predicted octanol–water partition coefficient (Wildman–Crippen LogP) is -1.29. The molecule has 0 radical (unpaired) electrons. The summed E-state index contributed by atoms with van der Waals surface area (Å²) in [5.74, 6) is 1.60. The minimum absolute atomic E-state index is 0.411. The third-order valence-corrected chi connectivity index (χ3v) is 4.36. The molecule has 0 aromatic heterocycles. The zero-order valence-corrected chi connectivity index (χ0v) is 10.9. The molecule has 0 spiro atoms. The van der Waals surface area contributed by atoms with Gasteiger partial charge in [-0.1, -0.05) is 0 Å². The van der Waals surface area contributed by atoms with Crippen LogP contribution in [0.15, 0.2) is 0 Å². The first-order valence-corrected chi connectivity index (χ1v) is 7.80. The number of piperidine rings is 1. The average Bonchev–Trinajstić information content (AvgIpc) is 2.13. The molecule has 0 aliphatic carbocycles. The Hall–Kier alpha value is -0.210. The van der Waals surface area contributed by atoms with Crippen molar-refractivity contribution in [2.24, 2.45) is 17.0 Å². The van der Waals surface area contributed by atoms with Crippen LogP contribution in [0.5, 0.6) is 0 Å². The number of rotatable bonds is 5. The summed E-state index contributed by atoms with van der Waals surface area (Å²) in [6.07, 6.45) is 2.53. The van der Waals surface area contributed by atoms with Crippen molar-refractivity contribution in [2.75, 3.05) is 39.3 Å². The van der Waals surface area contributed by atoms with Crippen LogP contribution >= 0.6 is 0 Å². The van der Waals surface area contributed by atoms with Gasteiger partial charge in [0.2, 0.25) is 0 Å². The molecule has 0 bridgehead atoms. The molecule has 2 heterocycles. The summed E-state index contributed by atoms with van der Waals surface area (Å²) in [7, 11) is -3.53. The van der Waals surface area contributed by atoms with Gasteiger partial charge in [0.15, 0.2) is 0 Å². The summed E-state index contributed by atoms with van der Waals surface area (Å²) >= 11 is 0. The second-order valence-electron chi connectivity index (χ2n) is 5.06. The van der Waals surface area contributed by atoms with Crippen molar-refractivity contribution in [3.63, 3.8) is 0 Å². The SMILES string of the molecule is NS(=O)(=O)NCCN1CCC[C@H](C2CNC2)C1. The van der Waals surface area contributed by atoms with E-state index < -0.39 is 10.2 Å². The van der Waals surface area contributed by atoms with Gasteiger partial charge in [0.05, 0.1) is 0 Å². The third-order valence-electron chi connectivity index (χ3n) is 3.75. The largest absolute Gasteiger partial charge is 0.316 e. The zero-order valence-electron chi connectivity index (χ0n) is 10.1. The van der Waals surface area contributed by atoms with E-state index in [0.29, 0.717) is 6.54 Å². The van der Waals surface area contributed by atoms with Gasteiger partial charge in [-0.25, -0.2) is 9.86 Å². The summed E-state index contributed by atoms with van der Waals surface area (Å²) in [6.45, 7) is 5.63. The molecule has 2 aliphatic rings. The van der Waals surface area contributed by atoms with Crippen molar-refractivity contribution < 1.29 is 8.42 Å². The van der Waals surface area contributed by atoms with Gasteiger partial charge in [0.25, 0.3) is 10.2 Å². The molecule has 4 N–H and O–H groups in total. The number of nitrogens with two attached hydrogens (primary N) is 1. The lowest BCUT2D eigenvalue weighted by molar-refractivity contribution is 0.110. The number of hydrogen-bond donors (Lipinski definition) is 3. The van der Waals surface area contributed by atoms with Crippen molar-refractivity contribution in [1.29, 1.82) is 0 Å².